The van der Waals surface area contributed by atoms with Gasteiger partial charge in [-0.25, -0.2) is 0 Å². The Morgan fingerprint density at radius 3 is 2.40 bits per heavy atom. The van der Waals surface area contributed by atoms with Crippen LogP contribution in [0.15, 0.2) is 0 Å². The summed E-state index contributed by atoms with van der Waals surface area (Å²) in [5.41, 5.74) is 0.280. The van der Waals surface area contributed by atoms with Gasteiger partial charge in [0.2, 0.25) is 0 Å². The largest absolute Gasteiger partial charge is 0.298 e. The molecule has 0 saturated carbocycles. The summed E-state index contributed by atoms with van der Waals surface area (Å²) in [6, 6.07) is 0. The lowest BCUT2D eigenvalue weighted by Crippen LogP contribution is -2.45. The fourth-order valence-electron chi connectivity index (χ4n) is 2.15. The Morgan fingerprint density at radius 2 is 1.93 bits per heavy atom. The molecule has 5 heteroatoms. The number of nitrogens with zero attached hydrogens (tertiary/aromatic N) is 4. The number of aromatic amines is 1. The van der Waals surface area contributed by atoms with E-state index in [0.717, 1.165) is 31.8 Å². The molecule has 1 aliphatic heterocycles. The van der Waals surface area contributed by atoms with Crippen LogP contribution >= 0.6 is 0 Å². The van der Waals surface area contributed by atoms with Crippen LogP contribution in [0.3, 0.4) is 0 Å². The molecule has 1 aromatic heterocycles. The monoisotopic (exact) mass is 209 g/mol. The van der Waals surface area contributed by atoms with Gasteiger partial charge in [-0.05, 0) is 46.7 Å². The van der Waals surface area contributed by atoms with Crippen LogP contribution in [0.5, 0.6) is 0 Å². The number of tetrazole rings is 1. The summed E-state index contributed by atoms with van der Waals surface area (Å²) >= 11 is 0. The minimum atomic E-state index is 0.280. The maximum Gasteiger partial charge on any atom is 0.177 e. The van der Waals surface area contributed by atoms with Crippen LogP contribution < -0.4 is 0 Å². The summed E-state index contributed by atoms with van der Waals surface area (Å²) in [6.07, 6.45) is 2.27. The molecule has 5 nitrogen and oxygen atoms in total. The van der Waals surface area contributed by atoms with Gasteiger partial charge >= 0.3 is 0 Å². The first-order valence-corrected chi connectivity index (χ1v) is 5.56. The van der Waals surface area contributed by atoms with E-state index in [-0.39, 0.29) is 5.54 Å². The summed E-state index contributed by atoms with van der Waals surface area (Å²) in [4.78, 5) is 2.52. The summed E-state index contributed by atoms with van der Waals surface area (Å²) in [6.45, 7) is 9.05. The van der Waals surface area contributed by atoms with Crippen molar-refractivity contribution in [3.05, 3.63) is 5.82 Å². The third-order valence-electron chi connectivity index (χ3n) is 3.17. The van der Waals surface area contributed by atoms with E-state index >= 15 is 0 Å². The maximum absolute atomic E-state index is 4.06. The number of hydrogen-bond acceptors (Lipinski definition) is 4. The SMILES string of the molecule is CC(C)(C)N1CCC(c2nn[nH]n2)CC1. The molecule has 0 radical (unpaired) electrons. The van der Waals surface area contributed by atoms with E-state index in [9.17, 15) is 0 Å². The molecule has 2 rings (SSSR count). The van der Waals surface area contributed by atoms with Crippen LogP contribution in [0.4, 0.5) is 0 Å². The van der Waals surface area contributed by atoms with Gasteiger partial charge in [0, 0.05) is 11.5 Å². The van der Waals surface area contributed by atoms with E-state index in [1.807, 2.05) is 0 Å². The van der Waals surface area contributed by atoms with Crippen LogP contribution in [-0.2, 0) is 0 Å². The highest BCUT2D eigenvalue weighted by Gasteiger charge is 2.29. The van der Waals surface area contributed by atoms with Gasteiger partial charge in [0.15, 0.2) is 5.82 Å². The summed E-state index contributed by atoms with van der Waals surface area (Å²) in [7, 11) is 0. The third-order valence-corrected chi connectivity index (χ3v) is 3.17. The summed E-state index contributed by atoms with van der Waals surface area (Å²) in [5.74, 6) is 1.37. The van der Waals surface area contributed by atoms with Crippen molar-refractivity contribution in [3.63, 3.8) is 0 Å². The molecule has 1 aromatic rings. The van der Waals surface area contributed by atoms with Gasteiger partial charge in [0.1, 0.15) is 0 Å². The molecule has 1 N–H and O–H groups in total. The quantitative estimate of drug-likeness (QED) is 0.754. The average Bonchev–Trinajstić information content (AvgIpc) is 2.69. The Bertz CT molecular complexity index is 292. The van der Waals surface area contributed by atoms with Crippen molar-refractivity contribution in [1.82, 2.24) is 25.5 Å². The summed E-state index contributed by atoms with van der Waals surface area (Å²) < 4.78 is 0. The maximum atomic E-state index is 4.06. The van der Waals surface area contributed by atoms with Crippen molar-refractivity contribution in [3.8, 4) is 0 Å². The first kappa shape index (κ1) is 10.5. The molecule has 1 saturated heterocycles. The first-order valence-electron chi connectivity index (χ1n) is 5.56. The molecule has 0 spiro atoms. The van der Waals surface area contributed by atoms with Crippen molar-refractivity contribution in [2.75, 3.05) is 13.1 Å². The van der Waals surface area contributed by atoms with Crippen molar-refractivity contribution >= 4 is 0 Å². The highest BCUT2D eigenvalue weighted by molar-refractivity contribution is 4.95. The predicted octanol–water partition coefficient (Wildman–Crippen LogP) is 1.18. The van der Waals surface area contributed by atoms with Crippen LogP contribution in [0, 0.1) is 0 Å². The second-order valence-electron chi connectivity index (χ2n) is 5.20. The van der Waals surface area contributed by atoms with Gasteiger partial charge in [-0.15, -0.1) is 10.2 Å². The zero-order valence-corrected chi connectivity index (χ0v) is 9.69. The Labute approximate surface area is 90.2 Å². The Morgan fingerprint density at radius 1 is 1.27 bits per heavy atom. The Kier molecular flexibility index (Phi) is 2.73. The minimum absolute atomic E-state index is 0.280. The van der Waals surface area contributed by atoms with E-state index in [4.69, 9.17) is 0 Å². The Balaban J connectivity index is 1.93. The first-order chi connectivity index (χ1) is 7.07. The highest BCUT2D eigenvalue weighted by Crippen LogP contribution is 2.28. The van der Waals surface area contributed by atoms with E-state index in [1.165, 1.54) is 0 Å². The fraction of sp³-hybridized carbons (Fsp3) is 0.900. The van der Waals surface area contributed by atoms with Crippen LogP contribution in [0.1, 0.15) is 45.4 Å². The normalized spacial score (nSPS) is 20.7. The molecule has 2 heterocycles. The zero-order chi connectivity index (χ0) is 10.9. The second-order valence-corrected chi connectivity index (χ2v) is 5.20. The van der Waals surface area contributed by atoms with Crippen LogP contribution in [0.25, 0.3) is 0 Å². The average molecular weight is 209 g/mol. The van der Waals surface area contributed by atoms with Crippen molar-refractivity contribution in [2.24, 2.45) is 0 Å². The van der Waals surface area contributed by atoms with E-state index in [1.54, 1.807) is 0 Å². The molecule has 84 valence electrons. The molecule has 0 aliphatic carbocycles. The highest BCUT2D eigenvalue weighted by atomic mass is 15.5. The molecule has 0 amide bonds. The predicted molar refractivity (Wildman–Crippen MR) is 57.5 cm³/mol. The number of piperidine rings is 1. The summed E-state index contributed by atoms with van der Waals surface area (Å²) in [5, 5.41) is 14.3. The lowest BCUT2D eigenvalue weighted by molar-refractivity contribution is 0.101. The molecule has 0 unspecified atom stereocenters. The molecular weight excluding hydrogens is 190 g/mol. The fourth-order valence-corrected chi connectivity index (χ4v) is 2.15. The van der Waals surface area contributed by atoms with E-state index in [0.29, 0.717) is 5.92 Å². The standard InChI is InChI=1S/C10H19N5/c1-10(2,3)15-6-4-8(5-7-15)9-11-13-14-12-9/h8H,4-7H2,1-3H3,(H,11,12,13,14). The van der Waals surface area contributed by atoms with Gasteiger partial charge in [0.25, 0.3) is 0 Å². The van der Waals surface area contributed by atoms with Crippen molar-refractivity contribution in [1.29, 1.82) is 0 Å². The zero-order valence-electron chi connectivity index (χ0n) is 9.69. The number of nitrogens with one attached hydrogen (secondary N) is 1. The lowest BCUT2D eigenvalue weighted by Gasteiger charge is -2.40. The topological polar surface area (TPSA) is 57.7 Å². The third kappa shape index (κ3) is 2.34. The number of rotatable bonds is 1. The van der Waals surface area contributed by atoms with Gasteiger partial charge < -0.3 is 0 Å². The number of aromatic nitrogens is 4. The van der Waals surface area contributed by atoms with Crippen LogP contribution in [-0.4, -0.2) is 44.2 Å². The molecule has 15 heavy (non-hydrogen) atoms. The second kappa shape index (κ2) is 3.89. The van der Waals surface area contributed by atoms with E-state index < -0.39 is 0 Å². The van der Waals surface area contributed by atoms with Crippen molar-refractivity contribution < 1.29 is 0 Å². The molecule has 0 aromatic carbocycles. The smallest absolute Gasteiger partial charge is 0.177 e. The van der Waals surface area contributed by atoms with Gasteiger partial charge in [-0.2, -0.15) is 5.21 Å². The van der Waals surface area contributed by atoms with Crippen molar-refractivity contribution in [2.45, 2.75) is 45.1 Å². The van der Waals surface area contributed by atoms with Gasteiger partial charge in [0.05, 0.1) is 0 Å². The molecule has 0 bridgehead atoms. The molecule has 1 fully saturated rings. The van der Waals surface area contributed by atoms with Crippen LogP contribution in [0.2, 0.25) is 0 Å². The molecular formula is C10H19N5. The Hall–Kier alpha value is -0.970. The lowest BCUT2D eigenvalue weighted by atomic mass is 9.92. The van der Waals surface area contributed by atoms with Gasteiger partial charge in [-0.1, -0.05) is 5.21 Å². The molecule has 1 aliphatic rings. The minimum Gasteiger partial charge on any atom is -0.298 e. The van der Waals surface area contributed by atoms with Gasteiger partial charge in [-0.3, -0.25) is 4.90 Å². The number of H-pyrrole nitrogens is 1. The van der Waals surface area contributed by atoms with E-state index in [2.05, 4.69) is 46.3 Å². The molecule has 0 atom stereocenters. The number of likely N-dealkylation sites (tertiary alicyclic amines) is 1. The number of hydrogen-bond donors (Lipinski definition) is 1.